The first kappa shape index (κ1) is 23.7. The zero-order valence-electron chi connectivity index (χ0n) is 17.8. The van der Waals surface area contributed by atoms with Crippen molar-refractivity contribution in [3.8, 4) is 0 Å². The van der Waals surface area contributed by atoms with Gasteiger partial charge in [-0.1, -0.05) is 26.2 Å². The Kier molecular flexibility index (Phi) is 10.3. The van der Waals surface area contributed by atoms with Crippen LogP contribution in [0.25, 0.3) is 0 Å². The van der Waals surface area contributed by atoms with Crippen LogP contribution < -0.4 is 10.6 Å². The first-order chi connectivity index (χ1) is 13.2. The summed E-state index contributed by atoms with van der Waals surface area (Å²) < 4.78 is 0. The molecule has 7 heteroatoms. The van der Waals surface area contributed by atoms with Gasteiger partial charge in [0.2, 0.25) is 5.91 Å². The number of nitrogens with one attached hydrogen (secondary N) is 2. The van der Waals surface area contributed by atoms with Crippen LogP contribution in [-0.2, 0) is 4.79 Å². The van der Waals surface area contributed by atoms with Gasteiger partial charge in [0.15, 0.2) is 5.96 Å². The van der Waals surface area contributed by atoms with E-state index in [2.05, 4.69) is 20.5 Å². The highest BCUT2D eigenvalue weighted by molar-refractivity contribution is 14.0. The third-order valence-electron chi connectivity index (χ3n) is 6.63. The SMILES string of the molecule is CCC(=O)N1CCC(NC(=NC)NCC2CCCN2CC2CCCCC2)C1.I. The van der Waals surface area contributed by atoms with Crippen molar-refractivity contribution in [3.63, 3.8) is 0 Å². The van der Waals surface area contributed by atoms with Crippen LogP contribution in [0.4, 0.5) is 0 Å². The van der Waals surface area contributed by atoms with E-state index in [9.17, 15) is 4.79 Å². The highest BCUT2D eigenvalue weighted by atomic mass is 127. The second-order valence-corrected chi connectivity index (χ2v) is 8.57. The van der Waals surface area contributed by atoms with Crippen LogP contribution in [0.1, 0.15) is 64.7 Å². The van der Waals surface area contributed by atoms with Gasteiger partial charge < -0.3 is 15.5 Å². The van der Waals surface area contributed by atoms with Crippen LogP contribution >= 0.6 is 24.0 Å². The summed E-state index contributed by atoms with van der Waals surface area (Å²) in [5, 5.41) is 7.08. The number of guanidine groups is 1. The number of carbonyl (C=O) groups excluding carboxylic acids is 1. The zero-order valence-corrected chi connectivity index (χ0v) is 20.1. The van der Waals surface area contributed by atoms with Crippen molar-refractivity contribution in [1.29, 1.82) is 0 Å². The van der Waals surface area contributed by atoms with E-state index in [0.717, 1.165) is 37.9 Å². The molecular weight excluding hydrogens is 465 g/mol. The molecule has 1 aliphatic carbocycles. The molecule has 3 aliphatic rings. The van der Waals surface area contributed by atoms with Crippen molar-refractivity contribution < 1.29 is 4.79 Å². The number of carbonyl (C=O) groups is 1. The molecule has 2 N–H and O–H groups in total. The topological polar surface area (TPSA) is 60.0 Å². The minimum absolute atomic E-state index is 0. The summed E-state index contributed by atoms with van der Waals surface area (Å²) in [4.78, 5) is 21.0. The molecule has 3 rings (SSSR count). The minimum atomic E-state index is 0. The summed E-state index contributed by atoms with van der Waals surface area (Å²) in [6.45, 7) is 7.10. The van der Waals surface area contributed by atoms with Gasteiger partial charge >= 0.3 is 0 Å². The minimum Gasteiger partial charge on any atom is -0.355 e. The van der Waals surface area contributed by atoms with Gasteiger partial charge in [-0.2, -0.15) is 0 Å². The van der Waals surface area contributed by atoms with Gasteiger partial charge in [0.25, 0.3) is 0 Å². The molecule has 162 valence electrons. The first-order valence-electron chi connectivity index (χ1n) is 11.2. The number of nitrogens with zero attached hydrogens (tertiary/aromatic N) is 3. The Morgan fingerprint density at radius 3 is 2.57 bits per heavy atom. The highest BCUT2D eigenvalue weighted by Gasteiger charge is 2.29. The molecular formula is C21H40IN5O. The summed E-state index contributed by atoms with van der Waals surface area (Å²) in [6, 6.07) is 0.945. The Morgan fingerprint density at radius 1 is 1.07 bits per heavy atom. The molecule has 2 saturated heterocycles. The van der Waals surface area contributed by atoms with Crippen molar-refractivity contribution in [1.82, 2.24) is 20.4 Å². The van der Waals surface area contributed by atoms with Crippen molar-refractivity contribution in [2.45, 2.75) is 76.8 Å². The molecule has 2 unspecified atom stereocenters. The van der Waals surface area contributed by atoms with E-state index in [1.165, 1.54) is 58.0 Å². The number of rotatable bonds is 6. The molecule has 6 nitrogen and oxygen atoms in total. The normalized spacial score (nSPS) is 26.9. The lowest BCUT2D eigenvalue weighted by molar-refractivity contribution is -0.129. The van der Waals surface area contributed by atoms with Gasteiger partial charge in [-0.15, -0.1) is 24.0 Å². The summed E-state index contributed by atoms with van der Waals surface area (Å²) in [5.41, 5.74) is 0. The van der Waals surface area contributed by atoms with Crippen LogP contribution in [0.15, 0.2) is 4.99 Å². The second-order valence-electron chi connectivity index (χ2n) is 8.57. The first-order valence-corrected chi connectivity index (χ1v) is 11.2. The van der Waals surface area contributed by atoms with Gasteiger partial charge in [0.05, 0.1) is 0 Å². The van der Waals surface area contributed by atoms with Crippen molar-refractivity contribution in [2.75, 3.05) is 39.8 Å². The molecule has 0 bridgehead atoms. The number of halogens is 1. The molecule has 0 spiro atoms. The summed E-state index contributed by atoms with van der Waals surface area (Å²) in [5.74, 6) is 2.05. The number of aliphatic imine (C=N–C) groups is 1. The fraction of sp³-hybridized carbons (Fsp3) is 0.905. The number of amides is 1. The van der Waals surface area contributed by atoms with Crippen LogP contribution in [0.5, 0.6) is 0 Å². The van der Waals surface area contributed by atoms with Gasteiger partial charge in [-0.05, 0) is 44.6 Å². The molecule has 2 heterocycles. The average molecular weight is 505 g/mol. The molecule has 1 amide bonds. The molecule has 0 aromatic rings. The Balaban J connectivity index is 0.00000280. The largest absolute Gasteiger partial charge is 0.355 e. The highest BCUT2D eigenvalue weighted by Crippen LogP contribution is 2.27. The van der Waals surface area contributed by atoms with E-state index in [-0.39, 0.29) is 29.9 Å². The van der Waals surface area contributed by atoms with Gasteiger partial charge in [0, 0.05) is 51.7 Å². The van der Waals surface area contributed by atoms with Crippen LogP contribution in [-0.4, -0.2) is 73.5 Å². The van der Waals surface area contributed by atoms with E-state index >= 15 is 0 Å². The third-order valence-corrected chi connectivity index (χ3v) is 6.63. The lowest BCUT2D eigenvalue weighted by atomic mass is 9.89. The lowest BCUT2D eigenvalue weighted by Crippen LogP contribution is -2.49. The van der Waals surface area contributed by atoms with E-state index in [1.807, 2.05) is 18.9 Å². The van der Waals surface area contributed by atoms with Gasteiger partial charge in [0.1, 0.15) is 0 Å². The molecule has 0 aromatic heterocycles. The number of likely N-dealkylation sites (tertiary alicyclic amines) is 2. The smallest absolute Gasteiger partial charge is 0.222 e. The molecule has 1 saturated carbocycles. The summed E-state index contributed by atoms with van der Waals surface area (Å²) in [6.07, 6.45) is 11.4. The predicted molar refractivity (Wildman–Crippen MR) is 126 cm³/mol. The zero-order chi connectivity index (χ0) is 19.1. The van der Waals surface area contributed by atoms with Crippen molar-refractivity contribution in [3.05, 3.63) is 0 Å². The average Bonchev–Trinajstić information content (AvgIpc) is 3.35. The number of hydrogen-bond acceptors (Lipinski definition) is 3. The van der Waals surface area contributed by atoms with Crippen molar-refractivity contribution >= 4 is 35.8 Å². The third kappa shape index (κ3) is 6.75. The number of hydrogen-bond donors (Lipinski definition) is 2. The molecule has 2 atom stereocenters. The van der Waals surface area contributed by atoms with Crippen LogP contribution in [0.2, 0.25) is 0 Å². The van der Waals surface area contributed by atoms with Crippen LogP contribution in [0, 0.1) is 5.92 Å². The Hall–Kier alpha value is -0.570. The maximum atomic E-state index is 11.9. The molecule has 0 radical (unpaired) electrons. The Bertz CT molecular complexity index is 509. The molecule has 2 aliphatic heterocycles. The van der Waals surface area contributed by atoms with E-state index in [1.54, 1.807) is 0 Å². The monoisotopic (exact) mass is 505 g/mol. The molecule has 28 heavy (non-hydrogen) atoms. The Morgan fingerprint density at radius 2 is 1.86 bits per heavy atom. The van der Waals surface area contributed by atoms with E-state index in [4.69, 9.17) is 0 Å². The maximum Gasteiger partial charge on any atom is 0.222 e. The van der Waals surface area contributed by atoms with Crippen molar-refractivity contribution in [2.24, 2.45) is 10.9 Å². The maximum absolute atomic E-state index is 11.9. The van der Waals surface area contributed by atoms with Gasteiger partial charge in [-0.3, -0.25) is 14.7 Å². The van der Waals surface area contributed by atoms with Gasteiger partial charge in [-0.25, -0.2) is 0 Å². The van der Waals surface area contributed by atoms with E-state index in [0.29, 0.717) is 18.5 Å². The summed E-state index contributed by atoms with van der Waals surface area (Å²) in [7, 11) is 1.84. The fourth-order valence-electron chi connectivity index (χ4n) is 5.00. The lowest BCUT2D eigenvalue weighted by Gasteiger charge is -2.31. The quantitative estimate of drug-likeness (QED) is 0.331. The predicted octanol–water partition coefficient (Wildman–Crippen LogP) is 2.83. The fourth-order valence-corrected chi connectivity index (χ4v) is 5.00. The Labute approximate surface area is 188 Å². The standard InChI is InChI=1S/C21H39N5O.HI/c1-3-20(27)26-13-11-18(16-26)24-21(22-2)23-14-19-10-7-12-25(19)15-17-8-5-4-6-9-17;/h17-19H,3-16H2,1-2H3,(H2,22,23,24);1H. The summed E-state index contributed by atoms with van der Waals surface area (Å²) >= 11 is 0. The van der Waals surface area contributed by atoms with E-state index < -0.39 is 0 Å². The van der Waals surface area contributed by atoms with Crippen LogP contribution in [0.3, 0.4) is 0 Å². The molecule has 0 aromatic carbocycles. The second kappa shape index (κ2) is 12.2. The molecule has 3 fully saturated rings.